The minimum atomic E-state index is 0.250. The number of likely N-dealkylation sites (tertiary alicyclic amines) is 1. The van der Waals surface area contributed by atoms with E-state index in [4.69, 9.17) is 0 Å². The predicted molar refractivity (Wildman–Crippen MR) is 56.2 cm³/mol. The van der Waals surface area contributed by atoms with Crippen LogP contribution in [-0.4, -0.2) is 44.0 Å². The normalized spacial score (nSPS) is 22.4. The monoisotopic (exact) mass is 210 g/mol. The van der Waals surface area contributed by atoms with Crippen molar-refractivity contribution >= 4 is 0 Å². The molecule has 2 heterocycles. The standard InChI is InChI=1S/C10H18N4O/c1-2-14-10(11-8-12-14)6-13-5-3-4-9(13)7-15/h8-9,15H,2-7H2,1H3/t9-/m1/s1. The molecule has 1 aromatic heterocycles. The molecule has 1 aliphatic rings. The Balaban J connectivity index is 2.01. The van der Waals surface area contributed by atoms with Crippen LogP contribution >= 0.6 is 0 Å². The Morgan fingerprint density at radius 2 is 2.47 bits per heavy atom. The summed E-state index contributed by atoms with van der Waals surface area (Å²) in [5.74, 6) is 0.998. The van der Waals surface area contributed by atoms with Crippen LogP contribution in [-0.2, 0) is 13.1 Å². The van der Waals surface area contributed by atoms with Gasteiger partial charge in [-0.25, -0.2) is 9.67 Å². The lowest BCUT2D eigenvalue weighted by Gasteiger charge is -2.21. The largest absolute Gasteiger partial charge is 0.395 e. The second kappa shape index (κ2) is 4.72. The third-order valence-corrected chi connectivity index (χ3v) is 3.05. The fraction of sp³-hybridized carbons (Fsp3) is 0.800. The lowest BCUT2D eigenvalue weighted by atomic mass is 10.2. The third-order valence-electron chi connectivity index (χ3n) is 3.05. The summed E-state index contributed by atoms with van der Waals surface area (Å²) < 4.78 is 1.91. The molecule has 0 aliphatic carbocycles. The number of hydrogen-bond donors (Lipinski definition) is 1. The molecule has 15 heavy (non-hydrogen) atoms. The van der Waals surface area contributed by atoms with Gasteiger partial charge in [0.05, 0.1) is 13.2 Å². The molecule has 0 radical (unpaired) electrons. The van der Waals surface area contributed by atoms with Gasteiger partial charge in [-0.2, -0.15) is 5.10 Å². The smallest absolute Gasteiger partial charge is 0.141 e. The summed E-state index contributed by atoms with van der Waals surface area (Å²) in [5, 5.41) is 13.4. The molecule has 1 fully saturated rings. The van der Waals surface area contributed by atoms with Gasteiger partial charge in [-0.05, 0) is 26.3 Å². The van der Waals surface area contributed by atoms with E-state index in [9.17, 15) is 5.11 Å². The van der Waals surface area contributed by atoms with E-state index >= 15 is 0 Å². The van der Waals surface area contributed by atoms with Crippen molar-refractivity contribution in [3.8, 4) is 0 Å². The number of aryl methyl sites for hydroxylation is 1. The van der Waals surface area contributed by atoms with Gasteiger partial charge in [-0.3, -0.25) is 4.90 Å². The first-order valence-corrected chi connectivity index (χ1v) is 5.56. The van der Waals surface area contributed by atoms with Gasteiger partial charge < -0.3 is 5.11 Å². The van der Waals surface area contributed by atoms with E-state index < -0.39 is 0 Å². The summed E-state index contributed by atoms with van der Waals surface area (Å²) in [6.07, 6.45) is 3.87. The van der Waals surface area contributed by atoms with Crippen molar-refractivity contribution in [3.63, 3.8) is 0 Å². The van der Waals surface area contributed by atoms with Gasteiger partial charge in [0, 0.05) is 12.6 Å². The minimum absolute atomic E-state index is 0.250. The Labute approximate surface area is 89.7 Å². The quantitative estimate of drug-likeness (QED) is 0.774. The average Bonchev–Trinajstić information content (AvgIpc) is 2.87. The SMILES string of the molecule is CCn1ncnc1CN1CCC[C@@H]1CO. The van der Waals surface area contributed by atoms with Gasteiger partial charge in [0.2, 0.25) is 0 Å². The maximum Gasteiger partial charge on any atom is 0.141 e. The van der Waals surface area contributed by atoms with Crippen LogP contribution in [0.3, 0.4) is 0 Å². The van der Waals surface area contributed by atoms with Gasteiger partial charge in [-0.15, -0.1) is 0 Å². The fourth-order valence-electron chi connectivity index (χ4n) is 2.17. The van der Waals surface area contributed by atoms with Crippen LogP contribution in [0.25, 0.3) is 0 Å². The molecule has 1 saturated heterocycles. The molecule has 0 aromatic carbocycles. The average molecular weight is 210 g/mol. The Hall–Kier alpha value is -0.940. The van der Waals surface area contributed by atoms with Crippen LogP contribution in [0.15, 0.2) is 6.33 Å². The van der Waals surface area contributed by atoms with Crippen LogP contribution in [0.5, 0.6) is 0 Å². The lowest BCUT2D eigenvalue weighted by Crippen LogP contribution is -2.32. The minimum Gasteiger partial charge on any atom is -0.395 e. The second-order valence-corrected chi connectivity index (χ2v) is 3.94. The molecule has 0 unspecified atom stereocenters. The zero-order valence-corrected chi connectivity index (χ0v) is 9.13. The van der Waals surface area contributed by atoms with Crippen molar-refractivity contribution in [3.05, 3.63) is 12.2 Å². The number of aromatic nitrogens is 3. The Bertz CT molecular complexity index is 312. The van der Waals surface area contributed by atoms with E-state index in [2.05, 4.69) is 21.9 Å². The van der Waals surface area contributed by atoms with Crippen molar-refractivity contribution in [2.75, 3.05) is 13.2 Å². The van der Waals surface area contributed by atoms with Crippen molar-refractivity contribution in [1.29, 1.82) is 0 Å². The molecule has 0 spiro atoms. The van der Waals surface area contributed by atoms with Crippen LogP contribution < -0.4 is 0 Å². The van der Waals surface area contributed by atoms with E-state index in [-0.39, 0.29) is 6.61 Å². The number of aliphatic hydroxyl groups is 1. The van der Waals surface area contributed by atoms with E-state index in [1.54, 1.807) is 6.33 Å². The zero-order valence-electron chi connectivity index (χ0n) is 9.13. The highest BCUT2D eigenvalue weighted by molar-refractivity contribution is 4.88. The number of hydrogen-bond acceptors (Lipinski definition) is 4. The summed E-state index contributed by atoms with van der Waals surface area (Å²) in [7, 11) is 0. The zero-order chi connectivity index (χ0) is 10.7. The summed E-state index contributed by atoms with van der Waals surface area (Å²) in [5.41, 5.74) is 0. The maximum atomic E-state index is 9.21. The number of nitrogens with zero attached hydrogens (tertiary/aromatic N) is 4. The molecular formula is C10H18N4O. The third kappa shape index (κ3) is 2.18. The first-order valence-electron chi connectivity index (χ1n) is 5.56. The molecule has 2 rings (SSSR count). The van der Waals surface area contributed by atoms with Gasteiger partial charge in [0.25, 0.3) is 0 Å². The summed E-state index contributed by atoms with van der Waals surface area (Å²) in [4.78, 5) is 6.54. The molecule has 0 saturated carbocycles. The van der Waals surface area contributed by atoms with E-state index in [0.717, 1.165) is 31.9 Å². The number of rotatable bonds is 4. The first kappa shape index (κ1) is 10.6. The van der Waals surface area contributed by atoms with Crippen LogP contribution in [0.4, 0.5) is 0 Å². The van der Waals surface area contributed by atoms with Gasteiger partial charge in [-0.1, -0.05) is 0 Å². The highest BCUT2D eigenvalue weighted by atomic mass is 16.3. The van der Waals surface area contributed by atoms with Crippen molar-refractivity contribution < 1.29 is 5.11 Å². The molecule has 0 amide bonds. The predicted octanol–water partition coefficient (Wildman–Crippen LogP) is 0.255. The Morgan fingerprint density at radius 3 is 3.20 bits per heavy atom. The molecule has 84 valence electrons. The van der Waals surface area contributed by atoms with E-state index in [1.807, 2.05) is 4.68 Å². The van der Waals surface area contributed by atoms with Crippen molar-refractivity contribution in [2.45, 2.75) is 38.9 Å². The molecule has 0 bridgehead atoms. The summed E-state index contributed by atoms with van der Waals surface area (Å²) >= 11 is 0. The van der Waals surface area contributed by atoms with Crippen LogP contribution in [0.1, 0.15) is 25.6 Å². The highest BCUT2D eigenvalue weighted by Crippen LogP contribution is 2.18. The Kier molecular flexibility index (Phi) is 3.33. The maximum absolute atomic E-state index is 9.21. The van der Waals surface area contributed by atoms with Crippen LogP contribution in [0.2, 0.25) is 0 Å². The number of aliphatic hydroxyl groups excluding tert-OH is 1. The summed E-state index contributed by atoms with van der Waals surface area (Å²) in [6.45, 7) is 5.03. The highest BCUT2D eigenvalue weighted by Gasteiger charge is 2.24. The molecular weight excluding hydrogens is 192 g/mol. The lowest BCUT2D eigenvalue weighted by molar-refractivity contribution is 0.149. The Morgan fingerprint density at radius 1 is 1.60 bits per heavy atom. The summed E-state index contributed by atoms with van der Waals surface area (Å²) in [6, 6.07) is 0.312. The van der Waals surface area contributed by atoms with Gasteiger partial charge >= 0.3 is 0 Å². The molecule has 1 N–H and O–H groups in total. The van der Waals surface area contributed by atoms with Crippen molar-refractivity contribution in [2.24, 2.45) is 0 Å². The molecule has 5 nitrogen and oxygen atoms in total. The molecule has 1 atom stereocenters. The topological polar surface area (TPSA) is 54.2 Å². The van der Waals surface area contributed by atoms with E-state index in [1.165, 1.54) is 6.42 Å². The van der Waals surface area contributed by atoms with Crippen molar-refractivity contribution in [1.82, 2.24) is 19.7 Å². The van der Waals surface area contributed by atoms with Gasteiger partial charge in [0.15, 0.2) is 0 Å². The van der Waals surface area contributed by atoms with E-state index in [0.29, 0.717) is 6.04 Å². The van der Waals surface area contributed by atoms with Gasteiger partial charge in [0.1, 0.15) is 12.2 Å². The fourth-order valence-corrected chi connectivity index (χ4v) is 2.17. The molecule has 1 aromatic rings. The van der Waals surface area contributed by atoms with Crippen LogP contribution in [0, 0.1) is 0 Å². The molecule has 1 aliphatic heterocycles. The molecule has 5 heteroatoms. The second-order valence-electron chi connectivity index (χ2n) is 3.94. The first-order chi connectivity index (χ1) is 7.35.